The Morgan fingerprint density at radius 1 is 1.04 bits per heavy atom. The van der Waals surface area contributed by atoms with E-state index in [-0.39, 0.29) is 15.6 Å². The van der Waals surface area contributed by atoms with Crippen molar-refractivity contribution in [1.82, 2.24) is 9.78 Å². The lowest BCUT2D eigenvalue weighted by molar-refractivity contribution is 0.0696. The van der Waals surface area contributed by atoms with Crippen LogP contribution in [0.5, 0.6) is 0 Å². The molecule has 0 aliphatic heterocycles. The Morgan fingerprint density at radius 2 is 1.74 bits per heavy atom. The van der Waals surface area contributed by atoms with Gasteiger partial charge in [-0.15, -0.1) is 0 Å². The normalized spacial score (nSPS) is 10.4. The van der Waals surface area contributed by atoms with Gasteiger partial charge in [0.1, 0.15) is 5.02 Å². The molecule has 2 N–H and O–H groups in total. The van der Waals surface area contributed by atoms with E-state index in [1.165, 1.54) is 48.7 Å². The number of amides is 1. The predicted octanol–water partition coefficient (Wildman–Crippen LogP) is 3.49. The highest BCUT2D eigenvalue weighted by Crippen LogP contribution is 2.17. The van der Waals surface area contributed by atoms with Crippen molar-refractivity contribution in [2.45, 2.75) is 0 Å². The summed E-state index contributed by atoms with van der Waals surface area (Å²) in [4.78, 5) is 35.4. The molecule has 3 rings (SSSR count). The van der Waals surface area contributed by atoms with Crippen LogP contribution in [0.25, 0.3) is 5.69 Å². The lowest BCUT2D eigenvalue weighted by Crippen LogP contribution is -2.21. The molecular weight excluding hydrogens is 393 g/mol. The molecule has 0 radical (unpaired) electrons. The van der Waals surface area contributed by atoms with Gasteiger partial charge in [-0.05, 0) is 42.5 Å². The lowest BCUT2D eigenvalue weighted by atomic mass is 10.1. The Morgan fingerprint density at radius 3 is 2.41 bits per heavy atom. The summed E-state index contributed by atoms with van der Waals surface area (Å²) in [7, 11) is 0. The van der Waals surface area contributed by atoms with Crippen LogP contribution in [0, 0.1) is 0 Å². The highest BCUT2D eigenvalue weighted by molar-refractivity contribution is 6.41. The molecular formula is C18H11Cl2N3O4. The zero-order valence-corrected chi connectivity index (χ0v) is 15.0. The highest BCUT2D eigenvalue weighted by atomic mass is 35.5. The monoisotopic (exact) mass is 403 g/mol. The Bertz CT molecular complexity index is 1090. The maximum atomic E-state index is 12.3. The molecule has 3 aromatic rings. The average molecular weight is 404 g/mol. The van der Waals surface area contributed by atoms with Crippen LogP contribution in [0.1, 0.15) is 20.7 Å². The smallest absolute Gasteiger partial charge is 0.335 e. The molecule has 0 atom stereocenters. The van der Waals surface area contributed by atoms with Crippen molar-refractivity contribution in [1.29, 1.82) is 0 Å². The zero-order chi connectivity index (χ0) is 19.6. The summed E-state index contributed by atoms with van der Waals surface area (Å²) < 4.78 is 1.06. The molecule has 0 saturated carbocycles. The number of carbonyl (C=O) groups excluding carboxylic acids is 1. The minimum atomic E-state index is -1.09. The molecule has 136 valence electrons. The van der Waals surface area contributed by atoms with Crippen molar-refractivity contribution in [3.8, 4) is 5.69 Å². The fraction of sp³-hybridized carbons (Fsp3) is 0. The summed E-state index contributed by atoms with van der Waals surface area (Å²) in [5, 5.41) is 15.4. The van der Waals surface area contributed by atoms with Gasteiger partial charge >= 0.3 is 5.97 Å². The first kappa shape index (κ1) is 18.6. The van der Waals surface area contributed by atoms with E-state index in [0.29, 0.717) is 16.9 Å². The second-order valence-corrected chi connectivity index (χ2v) is 6.20. The number of rotatable bonds is 4. The van der Waals surface area contributed by atoms with E-state index in [1.807, 2.05) is 0 Å². The number of anilines is 1. The number of carboxylic acids is 1. The fourth-order valence-electron chi connectivity index (χ4n) is 2.28. The molecule has 1 heterocycles. The van der Waals surface area contributed by atoms with Crippen molar-refractivity contribution >= 4 is 40.8 Å². The van der Waals surface area contributed by atoms with Gasteiger partial charge in [-0.2, -0.15) is 9.78 Å². The molecule has 9 heteroatoms. The standard InChI is InChI=1S/C18H11Cl2N3O4/c19-14-9-21-23(17(25)15(14)20)13-6-4-10(5-7-13)16(24)22-12-3-1-2-11(8-12)18(26)27/h1-9H,(H,22,24)(H,26,27). The number of carbonyl (C=O) groups is 2. The third kappa shape index (κ3) is 3.99. The summed E-state index contributed by atoms with van der Waals surface area (Å²) in [6, 6.07) is 12.0. The van der Waals surface area contributed by atoms with Crippen LogP contribution in [0.3, 0.4) is 0 Å². The molecule has 1 aromatic heterocycles. The van der Waals surface area contributed by atoms with Gasteiger partial charge in [-0.1, -0.05) is 29.3 Å². The van der Waals surface area contributed by atoms with E-state index < -0.39 is 17.4 Å². The minimum absolute atomic E-state index is 0.0532. The molecule has 0 spiro atoms. The second kappa shape index (κ2) is 7.61. The van der Waals surface area contributed by atoms with E-state index in [0.717, 1.165) is 4.68 Å². The molecule has 1 amide bonds. The summed E-state index contributed by atoms with van der Waals surface area (Å²) in [5.74, 6) is -1.52. The van der Waals surface area contributed by atoms with Gasteiger partial charge in [0.05, 0.1) is 22.5 Å². The van der Waals surface area contributed by atoms with E-state index >= 15 is 0 Å². The minimum Gasteiger partial charge on any atom is -0.478 e. The number of nitrogens with zero attached hydrogens (tertiary/aromatic N) is 2. The number of aromatic nitrogens is 2. The molecule has 0 fully saturated rings. The summed E-state index contributed by atoms with van der Waals surface area (Å²) in [6.45, 7) is 0. The lowest BCUT2D eigenvalue weighted by Gasteiger charge is -2.08. The van der Waals surface area contributed by atoms with Crippen LogP contribution < -0.4 is 10.9 Å². The number of hydrogen-bond acceptors (Lipinski definition) is 4. The molecule has 0 bridgehead atoms. The van der Waals surface area contributed by atoms with Crippen molar-refractivity contribution in [3.05, 3.63) is 86.3 Å². The van der Waals surface area contributed by atoms with E-state index in [1.54, 1.807) is 6.07 Å². The van der Waals surface area contributed by atoms with Crippen LogP contribution in [-0.4, -0.2) is 26.8 Å². The fourth-order valence-corrected chi connectivity index (χ4v) is 2.54. The van der Waals surface area contributed by atoms with E-state index in [9.17, 15) is 14.4 Å². The Balaban J connectivity index is 1.82. The SMILES string of the molecule is O=C(O)c1cccc(NC(=O)c2ccc(-n3ncc(Cl)c(Cl)c3=O)cc2)c1. The van der Waals surface area contributed by atoms with Gasteiger partial charge in [0.15, 0.2) is 0 Å². The second-order valence-electron chi connectivity index (χ2n) is 5.41. The summed E-state index contributed by atoms with van der Waals surface area (Å²) in [5.41, 5.74) is 0.557. The first-order valence-corrected chi connectivity index (χ1v) is 8.31. The number of aromatic carboxylic acids is 1. The first-order chi connectivity index (χ1) is 12.9. The van der Waals surface area contributed by atoms with Crippen LogP contribution in [0.15, 0.2) is 59.5 Å². The average Bonchev–Trinajstić information content (AvgIpc) is 2.66. The van der Waals surface area contributed by atoms with E-state index in [2.05, 4.69) is 10.4 Å². The largest absolute Gasteiger partial charge is 0.478 e. The molecule has 0 saturated heterocycles. The quantitative estimate of drug-likeness (QED) is 0.693. The third-order valence-electron chi connectivity index (χ3n) is 3.62. The molecule has 2 aromatic carbocycles. The summed E-state index contributed by atoms with van der Waals surface area (Å²) >= 11 is 11.6. The van der Waals surface area contributed by atoms with Gasteiger partial charge in [-0.3, -0.25) is 9.59 Å². The Hall–Kier alpha value is -3.16. The molecule has 0 aliphatic rings. The van der Waals surface area contributed by atoms with Gasteiger partial charge in [0, 0.05) is 11.3 Å². The highest BCUT2D eigenvalue weighted by Gasteiger charge is 2.11. The van der Waals surface area contributed by atoms with Crippen molar-refractivity contribution in [3.63, 3.8) is 0 Å². The summed E-state index contributed by atoms with van der Waals surface area (Å²) in [6.07, 6.45) is 1.25. The molecule has 7 nitrogen and oxygen atoms in total. The Kier molecular flexibility index (Phi) is 5.25. The number of benzene rings is 2. The predicted molar refractivity (Wildman–Crippen MR) is 101 cm³/mol. The maximum Gasteiger partial charge on any atom is 0.335 e. The first-order valence-electron chi connectivity index (χ1n) is 7.55. The van der Waals surface area contributed by atoms with Crippen molar-refractivity contribution in [2.24, 2.45) is 0 Å². The number of halogens is 2. The third-order valence-corrected chi connectivity index (χ3v) is 4.37. The van der Waals surface area contributed by atoms with Crippen molar-refractivity contribution < 1.29 is 14.7 Å². The van der Waals surface area contributed by atoms with Gasteiger partial charge in [0.2, 0.25) is 0 Å². The van der Waals surface area contributed by atoms with E-state index in [4.69, 9.17) is 28.3 Å². The number of carboxylic acid groups (broad SMARTS) is 1. The zero-order valence-electron chi connectivity index (χ0n) is 13.5. The molecule has 27 heavy (non-hydrogen) atoms. The maximum absolute atomic E-state index is 12.3. The van der Waals surface area contributed by atoms with Crippen LogP contribution in [0.4, 0.5) is 5.69 Å². The molecule has 0 aliphatic carbocycles. The van der Waals surface area contributed by atoms with Gasteiger partial charge < -0.3 is 10.4 Å². The van der Waals surface area contributed by atoms with Gasteiger partial charge in [-0.25, -0.2) is 4.79 Å². The number of hydrogen-bond donors (Lipinski definition) is 2. The topological polar surface area (TPSA) is 101 Å². The van der Waals surface area contributed by atoms with Crippen LogP contribution in [0.2, 0.25) is 10.0 Å². The van der Waals surface area contributed by atoms with Crippen molar-refractivity contribution in [2.75, 3.05) is 5.32 Å². The Labute approximate surface area is 162 Å². The number of nitrogens with one attached hydrogen (secondary N) is 1. The van der Waals surface area contributed by atoms with Gasteiger partial charge in [0.25, 0.3) is 11.5 Å². The molecule has 0 unspecified atom stereocenters. The van der Waals surface area contributed by atoms with Crippen LogP contribution in [-0.2, 0) is 0 Å². The van der Waals surface area contributed by atoms with Crippen LogP contribution >= 0.6 is 23.2 Å².